The van der Waals surface area contributed by atoms with Gasteiger partial charge in [0.05, 0.1) is 6.42 Å². The van der Waals surface area contributed by atoms with Gasteiger partial charge in [0.15, 0.2) is 0 Å². The van der Waals surface area contributed by atoms with Crippen LogP contribution in [0.25, 0.3) is 0 Å². The van der Waals surface area contributed by atoms with Crippen molar-refractivity contribution in [2.24, 2.45) is 5.73 Å². The van der Waals surface area contributed by atoms with Gasteiger partial charge >= 0.3 is 12.0 Å². The van der Waals surface area contributed by atoms with E-state index >= 15 is 0 Å². The molecular weight excluding hydrogens is 262 g/mol. The van der Waals surface area contributed by atoms with Gasteiger partial charge in [-0.25, -0.2) is 9.59 Å². The van der Waals surface area contributed by atoms with Crippen LogP contribution in [0, 0.1) is 0 Å². The van der Waals surface area contributed by atoms with Gasteiger partial charge < -0.3 is 21.1 Å². The van der Waals surface area contributed by atoms with Crippen LogP contribution in [0.15, 0.2) is 0 Å². The number of unbranched alkanes of at least 4 members (excludes halogenated alkanes) is 2. The van der Waals surface area contributed by atoms with E-state index in [9.17, 15) is 14.4 Å². The molecule has 3 amide bonds. The second-order valence-corrected chi connectivity index (χ2v) is 5.00. The zero-order chi connectivity index (χ0) is 15.7. The maximum absolute atomic E-state index is 12.1. The Morgan fingerprint density at radius 1 is 1.25 bits per heavy atom. The SMILES string of the molecule is CCCCCN(C(=O)N[C@H](CC(N)=O)C(=O)O)C(C)C. The van der Waals surface area contributed by atoms with Gasteiger partial charge in [-0.2, -0.15) is 0 Å². The van der Waals surface area contributed by atoms with Crippen molar-refractivity contribution in [3.05, 3.63) is 0 Å². The molecule has 0 aliphatic heterocycles. The normalized spacial score (nSPS) is 12.0. The average Bonchev–Trinajstić information content (AvgIpc) is 2.32. The molecule has 0 aromatic rings. The van der Waals surface area contributed by atoms with Crippen molar-refractivity contribution < 1.29 is 19.5 Å². The second-order valence-electron chi connectivity index (χ2n) is 5.00. The highest BCUT2D eigenvalue weighted by Gasteiger charge is 2.25. The maximum atomic E-state index is 12.1. The van der Waals surface area contributed by atoms with Crippen molar-refractivity contribution in [3.63, 3.8) is 0 Å². The van der Waals surface area contributed by atoms with Gasteiger partial charge in [-0.05, 0) is 20.3 Å². The number of aliphatic carboxylic acids is 1. The molecule has 0 aromatic heterocycles. The van der Waals surface area contributed by atoms with Crippen LogP contribution < -0.4 is 11.1 Å². The summed E-state index contributed by atoms with van der Waals surface area (Å²) < 4.78 is 0. The fourth-order valence-corrected chi connectivity index (χ4v) is 1.76. The van der Waals surface area contributed by atoms with Gasteiger partial charge in [0.2, 0.25) is 5.91 Å². The van der Waals surface area contributed by atoms with E-state index in [0.717, 1.165) is 19.3 Å². The molecule has 0 fully saturated rings. The highest BCUT2D eigenvalue weighted by atomic mass is 16.4. The van der Waals surface area contributed by atoms with Gasteiger partial charge in [0.1, 0.15) is 6.04 Å². The average molecular weight is 287 g/mol. The molecule has 0 saturated heterocycles. The number of rotatable bonds is 9. The number of nitrogens with two attached hydrogens (primary N) is 1. The van der Waals surface area contributed by atoms with Gasteiger partial charge in [0, 0.05) is 12.6 Å². The number of carboxylic acid groups (broad SMARTS) is 1. The van der Waals surface area contributed by atoms with E-state index in [-0.39, 0.29) is 6.04 Å². The Bertz CT molecular complexity index is 345. The molecule has 4 N–H and O–H groups in total. The standard InChI is InChI=1S/C13H25N3O4/c1-4-5-6-7-16(9(2)3)13(20)15-10(12(18)19)8-11(14)17/h9-10H,4-8H2,1-3H3,(H2,14,17)(H,15,20)(H,18,19)/t10-/m1/s1. The van der Waals surface area contributed by atoms with Crippen molar-refractivity contribution in [1.82, 2.24) is 10.2 Å². The molecule has 0 rings (SSSR count). The van der Waals surface area contributed by atoms with E-state index in [1.807, 2.05) is 13.8 Å². The Morgan fingerprint density at radius 2 is 1.85 bits per heavy atom. The molecule has 0 aliphatic carbocycles. The number of hydrogen-bond donors (Lipinski definition) is 3. The first kappa shape index (κ1) is 18.2. The third-order valence-corrected chi connectivity index (χ3v) is 2.89. The van der Waals surface area contributed by atoms with E-state index < -0.39 is 30.4 Å². The molecule has 0 aliphatic rings. The summed E-state index contributed by atoms with van der Waals surface area (Å²) in [6, 6.07) is -1.81. The lowest BCUT2D eigenvalue weighted by molar-refractivity contribution is -0.141. The lowest BCUT2D eigenvalue weighted by atomic mass is 10.2. The summed E-state index contributed by atoms with van der Waals surface area (Å²) >= 11 is 0. The van der Waals surface area contributed by atoms with Crippen molar-refractivity contribution in [3.8, 4) is 0 Å². The van der Waals surface area contributed by atoms with Gasteiger partial charge in [0.25, 0.3) is 0 Å². The number of nitrogens with zero attached hydrogens (tertiary/aromatic N) is 1. The van der Waals surface area contributed by atoms with Crippen LogP contribution in [-0.2, 0) is 9.59 Å². The fourth-order valence-electron chi connectivity index (χ4n) is 1.76. The number of amides is 3. The smallest absolute Gasteiger partial charge is 0.326 e. The number of nitrogens with one attached hydrogen (secondary N) is 1. The molecule has 0 spiro atoms. The van der Waals surface area contributed by atoms with E-state index in [2.05, 4.69) is 12.2 Å². The highest BCUT2D eigenvalue weighted by molar-refractivity contribution is 5.87. The first-order valence-electron chi connectivity index (χ1n) is 6.87. The molecule has 20 heavy (non-hydrogen) atoms. The van der Waals surface area contributed by atoms with Gasteiger partial charge in [-0.15, -0.1) is 0 Å². The number of carbonyl (C=O) groups is 3. The Hall–Kier alpha value is -1.79. The van der Waals surface area contributed by atoms with Crippen molar-refractivity contribution in [1.29, 1.82) is 0 Å². The van der Waals surface area contributed by atoms with E-state index in [1.54, 1.807) is 4.90 Å². The predicted octanol–water partition coefficient (Wildman–Crippen LogP) is 0.925. The quantitative estimate of drug-likeness (QED) is 0.547. The molecule has 7 nitrogen and oxygen atoms in total. The highest BCUT2D eigenvalue weighted by Crippen LogP contribution is 2.05. The van der Waals surface area contributed by atoms with E-state index in [4.69, 9.17) is 10.8 Å². The molecule has 0 saturated carbocycles. The van der Waals surface area contributed by atoms with Gasteiger partial charge in [-0.3, -0.25) is 4.79 Å². The summed E-state index contributed by atoms with van der Waals surface area (Å²) in [5.41, 5.74) is 4.97. The first-order chi connectivity index (χ1) is 9.29. The largest absolute Gasteiger partial charge is 0.480 e. The molecule has 116 valence electrons. The molecule has 0 radical (unpaired) electrons. The van der Waals surface area contributed by atoms with Crippen LogP contribution in [0.4, 0.5) is 4.79 Å². The van der Waals surface area contributed by atoms with Crippen LogP contribution in [0.3, 0.4) is 0 Å². The second kappa shape index (κ2) is 9.17. The lowest BCUT2D eigenvalue weighted by Crippen LogP contribution is -2.51. The van der Waals surface area contributed by atoms with Crippen molar-refractivity contribution in [2.45, 2.75) is 58.5 Å². The number of carboxylic acids is 1. The molecular formula is C13H25N3O4. The Balaban J connectivity index is 4.62. The molecule has 0 heterocycles. The van der Waals surface area contributed by atoms with E-state index in [0.29, 0.717) is 6.54 Å². The van der Waals surface area contributed by atoms with Crippen LogP contribution in [0.5, 0.6) is 0 Å². The number of primary amides is 1. The fraction of sp³-hybridized carbons (Fsp3) is 0.769. The molecule has 0 aromatic carbocycles. The predicted molar refractivity (Wildman–Crippen MR) is 75.1 cm³/mol. The number of carbonyl (C=O) groups excluding carboxylic acids is 2. The summed E-state index contributed by atoms with van der Waals surface area (Å²) in [6.45, 7) is 6.33. The third-order valence-electron chi connectivity index (χ3n) is 2.89. The molecule has 1 atom stereocenters. The minimum Gasteiger partial charge on any atom is -0.480 e. The van der Waals surface area contributed by atoms with Crippen molar-refractivity contribution >= 4 is 17.9 Å². The third kappa shape index (κ3) is 6.96. The topological polar surface area (TPSA) is 113 Å². The van der Waals surface area contributed by atoms with E-state index in [1.165, 1.54) is 0 Å². The number of hydrogen-bond acceptors (Lipinski definition) is 3. The maximum Gasteiger partial charge on any atom is 0.326 e. The summed E-state index contributed by atoms with van der Waals surface area (Å²) in [4.78, 5) is 35.4. The molecule has 0 unspecified atom stereocenters. The Kier molecular flexibility index (Phi) is 8.35. The van der Waals surface area contributed by atoms with Crippen LogP contribution in [0.1, 0.15) is 46.5 Å². The van der Waals surface area contributed by atoms with Crippen molar-refractivity contribution in [2.75, 3.05) is 6.54 Å². The molecule has 7 heteroatoms. The summed E-state index contributed by atoms with van der Waals surface area (Å²) in [7, 11) is 0. The van der Waals surface area contributed by atoms with Gasteiger partial charge in [-0.1, -0.05) is 19.8 Å². The monoisotopic (exact) mass is 287 g/mol. The lowest BCUT2D eigenvalue weighted by Gasteiger charge is -2.28. The zero-order valence-electron chi connectivity index (χ0n) is 12.4. The molecule has 0 bridgehead atoms. The Morgan fingerprint density at radius 3 is 2.25 bits per heavy atom. The zero-order valence-corrected chi connectivity index (χ0v) is 12.4. The van der Waals surface area contributed by atoms with Crippen LogP contribution >= 0.6 is 0 Å². The first-order valence-corrected chi connectivity index (χ1v) is 6.87. The number of urea groups is 1. The van der Waals surface area contributed by atoms with Crippen LogP contribution in [-0.4, -0.2) is 46.5 Å². The Labute approximate surface area is 119 Å². The summed E-state index contributed by atoms with van der Waals surface area (Å²) in [5, 5.41) is 11.3. The van der Waals surface area contributed by atoms with Crippen LogP contribution in [0.2, 0.25) is 0 Å². The summed E-state index contributed by atoms with van der Waals surface area (Å²) in [5.74, 6) is -2.03. The summed E-state index contributed by atoms with van der Waals surface area (Å²) in [6.07, 6.45) is 2.48. The minimum absolute atomic E-state index is 0.0464. The minimum atomic E-state index is -1.28.